The molecule has 0 fully saturated rings. The molecule has 0 bridgehead atoms. The van der Waals surface area contributed by atoms with Crippen molar-refractivity contribution in [2.45, 2.75) is 4.90 Å². The van der Waals surface area contributed by atoms with Gasteiger partial charge in [0.1, 0.15) is 0 Å². The fraction of sp³-hybridized carbons (Fsp3) is 0.417. The van der Waals surface area contributed by atoms with Crippen LogP contribution in [0.3, 0.4) is 0 Å². The van der Waals surface area contributed by atoms with E-state index in [2.05, 4.69) is 25.4 Å². The van der Waals surface area contributed by atoms with Crippen LogP contribution in [-0.2, 0) is 14.8 Å². The Kier molecular flexibility index (Phi) is 6.12. The van der Waals surface area contributed by atoms with Gasteiger partial charge in [-0.25, -0.2) is 17.9 Å². The minimum atomic E-state index is -3.74. The molecule has 20 heavy (non-hydrogen) atoms. The number of ether oxygens (including phenoxy) is 1. The molecule has 0 spiro atoms. The fourth-order valence-corrected chi connectivity index (χ4v) is 3.09. The van der Waals surface area contributed by atoms with E-state index in [0.29, 0.717) is 17.6 Å². The third-order valence-corrected chi connectivity index (χ3v) is 4.57. The normalized spacial score (nSPS) is 11.7. The third kappa shape index (κ3) is 4.55. The Hall–Kier alpha value is -0.960. The molecule has 8 heteroatoms. The molecule has 0 amide bonds. The van der Waals surface area contributed by atoms with Crippen molar-refractivity contribution in [1.29, 1.82) is 0 Å². The number of sulfonamides is 1. The first-order valence-electron chi connectivity index (χ1n) is 5.94. The molecule has 0 heterocycles. The summed E-state index contributed by atoms with van der Waals surface area (Å²) in [5, 5.41) is 0. The number of methoxy groups -OCH3 is 1. The number of likely N-dealkylation sites (N-methyl/N-ethyl adjacent to an activating group) is 1. The summed E-state index contributed by atoms with van der Waals surface area (Å²) in [5.41, 5.74) is 0.00609. The molecule has 0 aliphatic carbocycles. The molecule has 0 aliphatic heterocycles. The molecule has 0 radical (unpaired) electrons. The first-order chi connectivity index (χ1) is 9.27. The second kappa shape index (κ2) is 7.16. The van der Waals surface area contributed by atoms with Gasteiger partial charge in [0.05, 0.1) is 44.8 Å². The van der Waals surface area contributed by atoms with Crippen molar-refractivity contribution >= 4 is 31.9 Å². The number of carbonyl (C=O) groups is 1. The summed E-state index contributed by atoms with van der Waals surface area (Å²) in [6.07, 6.45) is 0. The van der Waals surface area contributed by atoms with Crippen LogP contribution in [-0.4, -0.2) is 48.7 Å². The van der Waals surface area contributed by atoms with Gasteiger partial charge in [-0.05, 0) is 18.2 Å². The maximum atomic E-state index is 12.2. The molecule has 112 valence electrons. The molecule has 0 saturated carbocycles. The zero-order chi connectivity index (χ0) is 15.3. The van der Waals surface area contributed by atoms with Gasteiger partial charge < -0.3 is 9.64 Å². The molecular formula is C12H18BrN2O4S+. The maximum Gasteiger partial charge on any atom is 0.339 e. The lowest BCUT2D eigenvalue weighted by Gasteiger charge is -2.12. The minimum Gasteiger partial charge on any atom is -0.465 e. The molecule has 0 aromatic heterocycles. The summed E-state index contributed by atoms with van der Waals surface area (Å²) >= 11 is 3.21. The van der Waals surface area contributed by atoms with Crippen molar-refractivity contribution < 1.29 is 22.8 Å². The number of halogens is 1. The van der Waals surface area contributed by atoms with Gasteiger partial charge >= 0.3 is 5.97 Å². The number of carbonyl (C=O) groups excluding carboxylic acids is 1. The summed E-state index contributed by atoms with van der Waals surface area (Å²) < 4.78 is 32.1. The van der Waals surface area contributed by atoms with Crippen LogP contribution < -0.4 is 9.62 Å². The van der Waals surface area contributed by atoms with Crippen LogP contribution in [0.1, 0.15) is 10.4 Å². The predicted molar refractivity (Wildman–Crippen MR) is 78.3 cm³/mol. The lowest BCUT2D eigenvalue weighted by molar-refractivity contribution is -0.856. The van der Waals surface area contributed by atoms with Crippen molar-refractivity contribution in [1.82, 2.24) is 4.72 Å². The lowest BCUT2D eigenvalue weighted by atomic mass is 10.2. The highest BCUT2D eigenvalue weighted by molar-refractivity contribution is 9.10. The molecule has 1 rings (SSSR count). The van der Waals surface area contributed by atoms with E-state index >= 15 is 0 Å². The van der Waals surface area contributed by atoms with E-state index in [1.165, 1.54) is 19.2 Å². The Morgan fingerprint density at radius 1 is 1.40 bits per heavy atom. The van der Waals surface area contributed by atoms with Gasteiger partial charge in [-0.15, -0.1) is 0 Å². The highest BCUT2D eigenvalue weighted by Crippen LogP contribution is 2.21. The van der Waals surface area contributed by atoms with Crippen LogP contribution in [0, 0.1) is 0 Å². The SMILES string of the molecule is COC(=O)c1cc(Br)ccc1S(=O)(=O)NCC[NH+](C)C. The van der Waals surface area contributed by atoms with Gasteiger partial charge in [0.2, 0.25) is 10.0 Å². The second-order valence-corrected chi connectivity index (χ2v) is 7.14. The Bertz CT molecular complexity index is 587. The molecule has 0 unspecified atom stereocenters. The molecule has 0 aliphatic rings. The highest BCUT2D eigenvalue weighted by Gasteiger charge is 2.23. The average Bonchev–Trinajstić information content (AvgIpc) is 2.36. The van der Waals surface area contributed by atoms with E-state index in [-0.39, 0.29) is 10.5 Å². The number of hydrogen-bond donors (Lipinski definition) is 2. The van der Waals surface area contributed by atoms with Gasteiger partial charge in [-0.2, -0.15) is 0 Å². The Labute approximate surface area is 127 Å². The topological polar surface area (TPSA) is 76.9 Å². The molecule has 6 nitrogen and oxygen atoms in total. The smallest absolute Gasteiger partial charge is 0.339 e. The quantitative estimate of drug-likeness (QED) is 0.676. The zero-order valence-corrected chi connectivity index (χ0v) is 14.0. The first-order valence-corrected chi connectivity index (χ1v) is 8.22. The number of hydrogen-bond acceptors (Lipinski definition) is 4. The Balaban J connectivity index is 3.08. The van der Waals surface area contributed by atoms with E-state index in [1.807, 2.05) is 14.1 Å². The van der Waals surface area contributed by atoms with Gasteiger partial charge in [-0.1, -0.05) is 15.9 Å². The van der Waals surface area contributed by atoms with Gasteiger partial charge in [0.15, 0.2) is 0 Å². The van der Waals surface area contributed by atoms with Crippen molar-refractivity contribution in [3.63, 3.8) is 0 Å². The summed E-state index contributed by atoms with van der Waals surface area (Å²) in [5.74, 6) is -0.690. The summed E-state index contributed by atoms with van der Waals surface area (Å²) in [6.45, 7) is 0.935. The van der Waals surface area contributed by atoms with Crippen molar-refractivity contribution in [3.05, 3.63) is 28.2 Å². The number of quaternary nitrogens is 1. The standard InChI is InChI=1S/C12H17BrN2O4S/c1-15(2)7-6-14-20(17,18)11-5-4-9(13)8-10(11)12(16)19-3/h4-5,8,14H,6-7H2,1-3H3/p+1. The monoisotopic (exact) mass is 365 g/mol. The van der Waals surface area contributed by atoms with E-state index in [0.717, 1.165) is 4.90 Å². The number of benzene rings is 1. The van der Waals surface area contributed by atoms with Gasteiger partial charge in [0.25, 0.3) is 0 Å². The van der Waals surface area contributed by atoms with Crippen molar-refractivity contribution in [2.75, 3.05) is 34.3 Å². The van der Waals surface area contributed by atoms with Crippen LogP contribution in [0.25, 0.3) is 0 Å². The predicted octanol–water partition coefficient (Wildman–Crippen LogP) is -0.341. The summed E-state index contributed by atoms with van der Waals surface area (Å²) in [7, 11) is 1.32. The van der Waals surface area contributed by atoms with E-state index in [9.17, 15) is 13.2 Å². The maximum absolute atomic E-state index is 12.2. The molecule has 2 N–H and O–H groups in total. The Morgan fingerprint density at radius 2 is 2.05 bits per heavy atom. The average molecular weight is 366 g/mol. The van der Waals surface area contributed by atoms with Gasteiger partial charge in [0, 0.05) is 4.47 Å². The summed E-state index contributed by atoms with van der Waals surface area (Å²) in [4.78, 5) is 12.7. The largest absolute Gasteiger partial charge is 0.465 e. The van der Waals surface area contributed by atoms with Crippen molar-refractivity contribution in [2.24, 2.45) is 0 Å². The molecule has 0 atom stereocenters. The second-order valence-electron chi connectivity index (χ2n) is 4.49. The van der Waals surface area contributed by atoms with Crippen LogP contribution in [0.2, 0.25) is 0 Å². The van der Waals surface area contributed by atoms with Crippen LogP contribution in [0.4, 0.5) is 0 Å². The van der Waals surface area contributed by atoms with E-state index < -0.39 is 16.0 Å². The molecule has 1 aromatic rings. The highest BCUT2D eigenvalue weighted by atomic mass is 79.9. The van der Waals surface area contributed by atoms with Gasteiger partial charge in [-0.3, -0.25) is 0 Å². The molecule has 1 aromatic carbocycles. The first kappa shape index (κ1) is 17.1. The fourth-order valence-electron chi connectivity index (χ4n) is 1.52. The molecule has 0 saturated heterocycles. The van der Waals surface area contributed by atoms with Crippen LogP contribution >= 0.6 is 15.9 Å². The van der Waals surface area contributed by atoms with Crippen LogP contribution in [0.5, 0.6) is 0 Å². The lowest BCUT2D eigenvalue weighted by Crippen LogP contribution is -3.06. The number of esters is 1. The molecular weight excluding hydrogens is 348 g/mol. The Morgan fingerprint density at radius 3 is 2.60 bits per heavy atom. The van der Waals surface area contributed by atoms with E-state index in [1.54, 1.807) is 6.07 Å². The van der Waals surface area contributed by atoms with Crippen molar-refractivity contribution in [3.8, 4) is 0 Å². The summed E-state index contributed by atoms with van der Waals surface area (Å²) in [6, 6.07) is 4.37. The van der Waals surface area contributed by atoms with E-state index in [4.69, 9.17) is 0 Å². The third-order valence-electron chi connectivity index (χ3n) is 2.55. The van der Waals surface area contributed by atoms with Crippen LogP contribution in [0.15, 0.2) is 27.6 Å². The number of nitrogens with one attached hydrogen (secondary N) is 2. The number of rotatable bonds is 6. The zero-order valence-electron chi connectivity index (χ0n) is 11.6. The minimum absolute atomic E-state index is 0.00609.